The Balaban J connectivity index is 1.97. The number of piperazine rings is 1. The van der Waals surface area contributed by atoms with Crippen LogP contribution in [0.1, 0.15) is 18.1 Å². The van der Waals surface area contributed by atoms with E-state index < -0.39 is 39.6 Å². The normalized spacial score (nSPS) is 17.1. The molecule has 2 aromatic rings. The molecule has 1 saturated heterocycles. The summed E-state index contributed by atoms with van der Waals surface area (Å²) < 4.78 is 107. The summed E-state index contributed by atoms with van der Waals surface area (Å²) in [6.07, 6.45) is -13.4. The Bertz CT molecular complexity index is 1190. The highest BCUT2D eigenvalue weighted by Gasteiger charge is 2.71. The van der Waals surface area contributed by atoms with Gasteiger partial charge in [0.1, 0.15) is 10.3 Å². The highest BCUT2D eigenvalue weighted by Crippen LogP contribution is 2.50. The number of hydrogen-bond acceptors (Lipinski definition) is 6. The second-order valence-electron chi connectivity index (χ2n) is 7.71. The molecule has 0 aliphatic carbocycles. The first-order valence-corrected chi connectivity index (χ1v) is 12.4. The first-order valence-electron chi connectivity index (χ1n) is 10.1. The lowest BCUT2D eigenvalue weighted by atomic mass is 9.90. The number of hydrogen-bond donors (Lipinski definition) is 2. The maximum atomic E-state index is 13.3. The molecule has 1 unspecified atom stereocenters. The maximum absolute atomic E-state index is 13.3. The zero-order valence-electron chi connectivity index (χ0n) is 18.1. The van der Waals surface area contributed by atoms with Gasteiger partial charge in [0, 0.05) is 37.3 Å². The van der Waals surface area contributed by atoms with Gasteiger partial charge in [0.15, 0.2) is 0 Å². The minimum Gasteiger partial charge on any atom is -0.381 e. The smallest absolute Gasteiger partial charge is 0.381 e. The number of nitrogens with zero attached hydrogens (tertiary/aromatic N) is 2. The average molecular weight is 543 g/mol. The van der Waals surface area contributed by atoms with Crippen molar-refractivity contribution in [2.24, 2.45) is 0 Å². The maximum Gasteiger partial charge on any atom is 0.430 e. The fourth-order valence-electron chi connectivity index (χ4n) is 3.51. The summed E-state index contributed by atoms with van der Waals surface area (Å²) in [5.41, 5.74) is -6.76. The Labute approximate surface area is 201 Å². The molecule has 0 saturated carbocycles. The molecule has 1 fully saturated rings. The molecule has 1 atom stereocenters. The summed E-state index contributed by atoms with van der Waals surface area (Å²) >= 11 is 1.05. The molecule has 1 aliphatic heterocycles. The van der Waals surface area contributed by atoms with Gasteiger partial charge in [0.2, 0.25) is 0 Å². The third-order valence-electron chi connectivity index (χ3n) is 5.32. The quantitative estimate of drug-likeness (QED) is 0.458. The van der Waals surface area contributed by atoms with Crippen LogP contribution in [0.5, 0.6) is 0 Å². The largest absolute Gasteiger partial charge is 0.430 e. The Morgan fingerprint density at radius 2 is 1.63 bits per heavy atom. The van der Waals surface area contributed by atoms with E-state index in [-0.39, 0.29) is 41.6 Å². The van der Waals surface area contributed by atoms with Gasteiger partial charge in [-0.2, -0.15) is 30.6 Å². The van der Waals surface area contributed by atoms with Crippen molar-refractivity contribution in [2.75, 3.05) is 31.1 Å². The molecule has 192 valence electrons. The fourth-order valence-corrected chi connectivity index (χ4v) is 6.08. The van der Waals surface area contributed by atoms with Gasteiger partial charge in [-0.1, -0.05) is 24.0 Å². The van der Waals surface area contributed by atoms with Crippen LogP contribution in [0.3, 0.4) is 0 Å². The monoisotopic (exact) mass is 542 g/mol. The number of aliphatic hydroxyl groups is 2. The number of thiophene rings is 1. The molecule has 2 N–H and O–H groups in total. The van der Waals surface area contributed by atoms with Gasteiger partial charge in [-0.25, -0.2) is 8.42 Å². The van der Waals surface area contributed by atoms with Crippen LogP contribution in [0.2, 0.25) is 0 Å². The third-order valence-corrected chi connectivity index (χ3v) is 8.59. The topological polar surface area (TPSA) is 81.1 Å². The number of halogens is 6. The minimum atomic E-state index is -6.07. The number of aliphatic hydroxyl groups excluding tert-OH is 1. The van der Waals surface area contributed by atoms with Crippen molar-refractivity contribution < 1.29 is 45.0 Å². The molecule has 2 heterocycles. The molecule has 14 heteroatoms. The van der Waals surface area contributed by atoms with Gasteiger partial charge < -0.3 is 15.1 Å². The lowest BCUT2D eigenvalue weighted by Gasteiger charge is -2.36. The minimum absolute atomic E-state index is 0.0142. The van der Waals surface area contributed by atoms with E-state index in [4.69, 9.17) is 0 Å². The second-order valence-corrected chi connectivity index (χ2v) is 10.8. The van der Waals surface area contributed by atoms with E-state index in [1.165, 1.54) is 17.3 Å². The Morgan fingerprint density at radius 1 is 1.03 bits per heavy atom. The molecular formula is C21H20F6N2O4S2. The first kappa shape index (κ1) is 27.3. The van der Waals surface area contributed by atoms with E-state index in [0.29, 0.717) is 12.1 Å². The molecule has 35 heavy (non-hydrogen) atoms. The summed E-state index contributed by atoms with van der Waals surface area (Å²) in [6.45, 7) is 1.44. The van der Waals surface area contributed by atoms with Crippen molar-refractivity contribution in [1.82, 2.24) is 4.31 Å². The Morgan fingerprint density at radius 3 is 2.11 bits per heavy atom. The van der Waals surface area contributed by atoms with Crippen molar-refractivity contribution in [2.45, 2.75) is 35.2 Å². The standard InChI is InChI=1S/C21H20F6N2O4S2/c1-14(30)4-5-15-13-16(19(31,20(22,23)24)21(25,26)27)6-7-17(15)28-8-10-29(11-9-28)35(32,33)18-3-2-12-34-18/h2-3,6-7,12-14,30-31H,8-11H2,1H3. The summed E-state index contributed by atoms with van der Waals surface area (Å²) in [4.78, 5) is 1.57. The predicted octanol–water partition coefficient (Wildman–Crippen LogP) is 3.30. The molecule has 1 aromatic carbocycles. The summed E-state index contributed by atoms with van der Waals surface area (Å²) in [6, 6.07) is 5.01. The van der Waals surface area contributed by atoms with E-state index in [2.05, 4.69) is 11.8 Å². The predicted molar refractivity (Wildman–Crippen MR) is 116 cm³/mol. The molecule has 0 amide bonds. The summed E-state index contributed by atoms with van der Waals surface area (Å²) in [5.74, 6) is 4.65. The van der Waals surface area contributed by atoms with Crippen LogP contribution in [-0.4, -0.2) is 67.6 Å². The molecule has 0 spiro atoms. The van der Waals surface area contributed by atoms with Crippen molar-refractivity contribution in [1.29, 1.82) is 0 Å². The SMILES string of the molecule is CC(O)C#Cc1cc(C(O)(C(F)(F)F)C(F)(F)F)ccc1N1CCN(S(=O)(=O)c2cccs2)CC1. The molecule has 3 rings (SSSR count). The van der Waals surface area contributed by atoms with Crippen LogP contribution in [0, 0.1) is 11.8 Å². The Hall–Kier alpha value is -2.31. The summed E-state index contributed by atoms with van der Waals surface area (Å²) in [5, 5.41) is 20.8. The lowest BCUT2D eigenvalue weighted by molar-refractivity contribution is -0.376. The summed E-state index contributed by atoms with van der Waals surface area (Å²) in [7, 11) is -3.73. The number of rotatable bonds is 4. The van der Waals surface area contributed by atoms with Gasteiger partial charge in [-0.15, -0.1) is 11.3 Å². The van der Waals surface area contributed by atoms with Crippen LogP contribution in [-0.2, 0) is 15.6 Å². The van der Waals surface area contributed by atoms with Gasteiger partial charge in [0.05, 0.1) is 5.69 Å². The van der Waals surface area contributed by atoms with Crippen LogP contribution < -0.4 is 4.90 Å². The zero-order valence-corrected chi connectivity index (χ0v) is 19.7. The first-order chi connectivity index (χ1) is 16.1. The lowest BCUT2D eigenvalue weighted by Crippen LogP contribution is -2.54. The zero-order chi connectivity index (χ0) is 26.2. The molecule has 1 aliphatic rings. The average Bonchev–Trinajstić information content (AvgIpc) is 3.31. The van der Waals surface area contributed by atoms with Gasteiger partial charge in [0.25, 0.3) is 15.6 Å². The van der Waals surface area contributed by atoms with E-state index >= 15 is 0 Å². The third kappa shape index (κ3) is 5.29. The molecule has 1 aromatic heterocycles. The van der Waals surface area contributed by atoms with Crippen LogP contribution in [0.4, 0.5) is 32.0 Å². The molecule has 0 radical (unpaired) electrons. The van der Waals surface area contributed by atoms with Crippen molar-refractivity contribution in [3.05, 3.63) is 46.8 Å². The van der Waals surface area contributed by atoms with E-state index in [1.54, 1.807) is 16.3 Å². The van der Waals surface area contributed by atoms with E-state index in [0.717, 1.165) is 17.4 Å². The van der Waals surface area contributed by atoms with Gasteiger partial charge in [-0.3, -0.25) is 0 Å². The van der Waals surface area contributed by atoms with Crippen LogP contribution in [0.15, 0.2) is 39.9 Å². The molecule has 6 nitrogen and oxygen atoms in total. The Kier molecular flexibility index (Phi) is 7.50. The number of sulfonamides is 1. The number of alkyl halides is 6. The van der Waals surface area contributed by atoms with Gasteiger partial charge >= 0.3 is 12.4 Å². The van der Waals surface area contributed by atoms with Crippen LogP contribution in [0.25, 0.3) is 0 Å². The second kappa shape index (κ2) is 9.62. The van der Waals surface area contributed by atoms with Crippen LogP contribution >= 0.6 is 11.3 Å². The van der Waals surface area contributed by atoms with E-state index in [1.807, 2.05) is 0 Å². The van der Waals surface area contributed by atoms with Crippen molar-refractivity contribution in [3.63, 3.8) is 0 Å². The highest BCUT2D eigenvalue weighted by atomic mass is 32.2. The molecule has 0 bridgehead atoms. The van der Waals surface area contributed by atoms with Gasteiger partial charge in [-0.05, 0) is 30.5 Å². The van der Waals surface area contributed by atoms with Crippen molar-refractivity contribution >= 4 is 27.0 Å². The highest BCUT2D eigenvalue weighted by molar-refractivity contribution is 7.91. The van der Waals surface area contributed by atoms with E-state index in [9.17, 15) is 45.0 Å². The van der Waals surface area contributed by atoms with Crippen molar-refractivity contribution in [3.8, 4) is 11.8 Å². The molecular weight excluding hydrogens is 522 g/mol. The number of anilines is 1. The number of benzene rings is 1. The fraction of sp³-hybridized carbons (Fsp3) is 0.429.